The first-order valence-electron chi connectivity index (χ1n) is 8.09. The molecule has 0 saturated heterocycles. The highest BCUT2D eigenvalue weighted by Crippen LogP contribution is 2.30. The molecule has 1 fully saturated rings. The van der Waals surface area contributed by atoms with E-state index in [1.807, 2.05) is 12.1 Å². The Hall–Kier alpha value is -1.55. The zero-order chi connectivity index (χ0) is 14.7. The van der Waals surface area contributed by atoms with Crippen LogP contribution in [0, 0.1) is 0 Å². The molecule has 4 heteroatoms. The first-order valence-corrected chi connectivity index (χ1v) is 8.09. The summed E-state index contributed by atoms with van der Waals surface area (Å²) in [4.78, 5) is 11.4. The zero-order valence-corrected chi connectivity index (χ0v) is 12.7. The van der Waals surface area contributed by atoms with Gasteiger partial charge < -0.3 is 15.4 Å². The van der Waals surface area contributed by atoms with Gasteiger partial charge in [-0.25, -0.2) is 0 Å². The number of rotatable bonds is 5. The van der Waals surface area contributed by atoms with E-state index in [-0.39, 0.29) is 12.0 Å². The number of amides is 1. The Balaban J connectivity index is 1.66. The Labute approximate surface area is 126 Å². The van der Waals surface area contributed by atoms with Crippen molar-refractivity contribution < 1.29 is 9.53 Å². The van der Waals surface area contributed by atoms with Crippen LogP contribution in [0.2, 0.25) is 0 Å². The topological polar surface area (TPSA) is 50.4 Å². The van der Waals surface area contributed by atoms with Crippen molar-refractivity contribution in [2.75, 3.05) is 11.9 Å². The molecule has 2 unspecified atom stereocenters. The van der Waals surface area contributed by atoms with Crippen molar-refractivity contribution in [2.45, 2.75) is 57.6 Å². The van der Waals surface area contributed by atoms with Crippen molar-refractivity contribution in [2.24, 2.45) is 0 Å². The summed E-state index contributed by atoms with van der Waals surface area (Å²) >= 11 is 0. The molecule has 0 radical (unpaired) electrons. The zero-order valence-electron chi connectivity index (χ0n) is 12.7. The highest BCUT2D eigenvalue weighted by molar-refractivity contribution is 5.93. The summed E-state index contributed by atoms with van der Waals surface area (Å²) < 4.78 is 6.20. The largest absolute Gasteiger partial charge is 0.489 e. The van der Waals surface area contributed by atoms with Gasteiger partial charge in [0.1, 0.15) is 11.9 Å². The van der Waals surface area contributed by atoms with Gasteiger partial charge in [0.25, 0.3) is 0 Å². The third-order valence-corrected chi connectivity index (χ3v) is 4.37. The second-order valence-electron chi connectivity index (χ2n) is 6.01. The molecule has 1 saturated carbocycles. The van der Waals surface area contributed by atoms with Crippen molar-refractivity contribution in [1.82, 2.24) is 5.32 Å². The number of hydrogen-bond donors (Lipinski definition) is 2. The van der Waals surface area contributed by atoms with Crippen LogP contribution in [-0.4, -0.2) is 24.6 Å². The van der Waals surface area contributed by atoms with E-state index in [9.17, 15) is 4.79 Å². The minimum Gasteiger partial charge on any atom is -0.489 e. The molecule has 2 aliphatic rings. The fourth-order valence-corrected chi connectivity index (χ4v) is 3.24. The van der Waals surface area contributed by atoms with Crippen LogP contribution in [0.3, 0.4) is 0 Å². The van der Waals surface area contributed by atoms with Crippen LogP contribution in [0.4, 0.5) is 5.69 Å². The van der Waals surface area contributed by atoms with Crippen LogP contribution in [0.15, 0.2) is 18.2 Å². The summed E-state index contributed by atoms with van der Waals surface area (Å²) in [7, 11) is 0. The summed E-state index contributed by atoms with van der Waals surface area (Å²) in [5.41, 5.74) is 2.12. The molecule has 1 aliphatic carbocycles. The smallest absolute Gasteiger partial charge is 0.224 e. The number of nitrogens with one attached hydrogen (secondary N) is 2. The van der Waals surface area contributed by atoms with Crippen molar-refractivity contribution >= 4 is 11.6 Å². The average Bonchev–Trinajstić information content (AvgIpc) is 2.92. The Morgan fingerprint density at radius 1 is 1.33 bits per heavy atom. The molecule has 114 valence electrons. The summed E-state index contributed by atoms with van der Waals surface area (Å²) in [6, 6.07) is 6.50. The first-order chi connectivity index (χ1) is 10.3. The van der Waals surface area contributed by atoms with Gasteiger partial charge in [-0.2, -0.15) is 0 Å². The van der Waals surface area contributed by atoms with E-state index in [1.54, 1.807) is 0 Å². The van der Waals surface area contributed by atoms with Gasteiger partial charge in [0.15, 0.2) is 0 Å². The minimum absolute atomic E-state index is 0.107. The molecule has 0 spiro atoms. The molecule has 2 N–H and O–H groups in total. The highest BCUT2D eigenvalue weighted by atomic mass is 16.5. The van der Waals surface area contributed by atoms with E-state index in [0.29, 0.717) is 12.5 Å². The predicted molar refractivity (Wildman–Crippen MR) is 83.7 cm³/mol. The Morgan fingerprint density at radius 3 is 3.10 bits per heavy atom. The number of ether oxygens (including phenoxy) is 1. The standard InChI is InChI=1S/C17H24N2O2/c1-2-10-18-15-4-3-5-16(15)21-13-7-8-14-12(11-13)6-9-17(20)19-14/h7-8,11,15-16,18H,2-6,9-10H2,1H3,(H,19,20). The van der Waals surface area contributed by atoms with Crippen molar-refractivity contribution in [3.05, 3.63) is 23.8 Å². The Bertz CT molecular complexity index is 516. The summed E-state index contributed by atoms with van der Waals surface area (Å²) in [5.74, 6) is 1.04. The van der Waals surface area contributed by atoms with Crippen molar-refractivity contribution in [1.29, 1.82) is 0 Å². The van der Waals surface area contributed by atoms with E-state index in [0.717, 1.165) is 37.2 Å². The molecule has 0 aromatic heterocycles. The van der Waals surface area contributed by atoms with Crippen molar-refractivity contribution in [3.8, 4) is 5.75 Å². The van der Waals surface area contributed by atoms with Gasteiger partial charge in [0.05, 0.1) is 0 Å². The summed E-state index contributed by atoms with van der Waals surface area (Å²) in [6.07, 6.45) is 6.35. The fourth-order valence-electron chi connectivity index (χ4n) is 3.24. The highest BCUT2D eigenvalue weighted by Gasteiger charge is 2.28. The third-order valence-electron chi connectivity index (χ3n) is 4.37. The van der Waals surface area contributed by atoms with Crippen LogP contribution < -0.4 is 15.4 Å². The van der Waals surface area contributed by atoms with Crippen LogP contribution in [0.1, 0.15) is 44.6 Å². The summed E-state index contributed by atoms with van der Waals surface area (Å²) in [5, 5.41) is 6.50. The van der Waals surface area contributed by atoms with Gasteiger partial charge in [0, 0.05) is 18.2 Å². The average molecular weight is 288 g/mol. The van der Waals surface area contributed by atoms with Crippen molar-refractivity contribution in [3.63, 3.8) is 0 Å². The van der Waals surface area contributed by atoms with Gasteiger partial charge in [-0.3, -0.25) is 4.79 Å². The number of anilines is 1. The Morgan fingerprint density at radius 2 is 2.24 bits per heavy atom. The lowest BCUT2D eigenvalue weighted by Crippen LogP contribution is -2.39. The molecule has 1 heterocycles. The molecule has 0 bridgehead atoms. The lowest BCUT2D eigenvalue weighted by atomic mass is 10.0. The molecule has 1 amide bonds. The van der Waals surface area contributed by atoms with Crippen LogP contribution >= 0.6 is 0 Å². The van der Waals surface area contributed by atoms with Gasteiger partial charge in [0.2, 0.25) is 5.91 Å². The summed E-state index contributed by atoms with van der Waals surface area (Å²) in [6.45, 7) is 3.25. The number of benzene rings is 1. The third kappa shape index (κ3) is 3.38. The van der Waals surface area contributed by atoms with Gasteiger partial charge >= 0.3 is 0 Å². The van der Waals surface area contributed by atoms with E-state index >= 15 is 0 Å². The first kappa shape index (κ1) is 14.4. The van der Waals surface area contributed by atoms with Crippen LogP contribution in [0.5, 0.6) is 5.75 Å². The minimum atomic E-state index is 0.107. The molecular weight excluding hydrogens is 264 g/mol. The van der Waals surface area contributed by atoms with E-state index in [4.69, 9.17) is 4.74 Å². The molecule has 3 rings (SSSR count). The lowest BCUT2D eigenvalue weighted by molar-refractivity contribution is -0.116. The molecule has 2 atom stereocenters. The molecular formula is C17H24N2O2. The second kappa shape index (κ2) is 6.48. The maximum Gasteiger partial charge on any atom is 0.224 e. The molecule has 4 nitrogen and oxygen atoms in total. The van der Waals surface area contributed by atoms with Gasteiger partial charge in [-0.1, -0.05) is 6.92 Å². The Kier molecular flexibility index (Phi) is 4.44. The fraction of sp³-hybridized carbons (Fsp3) is 0.588. The molecule has 1 aromatic carbocycles. The maximum atomic E-state index is 11.4. The van der Waals surface area contributed by atoms with Gasteiger partial charge in [-0.05, 0) is 62.4 Å². The number of fused-ring (bicyclic) bond motifs is 1. The SMILES string of the molecule is CCCNC1CCCC1Oc1ccc2c(c1)CCC(=O)N2. The number of hydrogen-bond acceptors (Lipinski definition) is 3. The van der Waals surface area contributed by atoms with E-state index in [2.05, 4.69) is 23.6 Å². The van der Waals surface area contributed by atoms with Gasteiger partial charge in [-0.15, -0.1) is 0 Å². The predicted octanol–water partition coefficient (Wildman–Crippen LogP) is 2.87. The number of carbonyl (C=O) groups excluding carboxylic acids is 1. The second-order valence-corrected chi connectivity index (χ2v) is 6.01. The quantitative estimate of drug-likeness (QED) is 0.876. The molecule has 1 aliphatic heterocycles. The lowest BCUT2D eigenvalue weighted by Gasteiger charge is -2.24. The van der Waals surface area contributed by atoms with E-state index in [1.165, 1.54) is 18.4 Å². The maximum absolute atomic E-state index is 11.4. The van der Waals surface area contributed by atoms with E-state index < -0.39 is 0 Å². The molecule has 1 aromatic rings. The number of aryl methyl sites for hydroxylation is 1. The molecule has 21 heavy (non-hydrogen) atoms. The normalized spacial score (nSPS) is 24.5. The number of carbonyl (C=O) groups is 1. The monoisotopic (exact) mass is 288 g/mol. The van der Waals surface area contributed by atoms with Crippen LogP contribution in [0.25, 0.3) is 0 Å². The van der Waals surface area contributed by atoms with Crippen LogP contribution in [-0.2, 0) is 11.2 Å².